The molecule has 8 heteroatoms. The number of hydrogen-bond acceptors (Lipinski definition) is 4. The average Bonchev–Trinajstić information content (AvgIpc) is 2.61. The molecule has 0 aliphatic carbocycles. The number of benzene rings is 1. The monoisotopic (exact) mass is 409 g/mol. The van der Waals surface area contributed by atoms with Gasteiger partial charge in [0.2, 0.25) is 10.0 Å². The second-order valence-corrected chi connectivity index (χ2v) is 9.22. The van der Waals surface area contributed by atoms with Gasteiger partial charge < -0.3 is 10.6 Å². The third-order valence-electron chi connectivity index (χ3n) is 5.05. The molecule has 0 saturated carbocycles. The Morgan fingerprint density at radius 3 is 2.29 bits per heavy atom. The lowest BCUT2D eigenvalue weighted by molar-refractivity contribution is -0.139. The highest BCUT2D eigenvalue weighted by Crippen LogP contribution is 2.31. The first kappa shape index (κ1) is 22.4. The van der Waals surface area contributed by atoms with Crippen molar-refractivity contribution in [1.29, 1.82) is 0 Å². The molecule has 1 aliphatic heterocycles. The van der Waals surface area contributed by atoms with Crippen LogP contribution >= 0.6 is 0 Å². The summed E-state index contributed by atoms with van der Waals surface area (Å²) in [6, 6.07) is 3.60. The summed E-state index contributed by atoms with van der Waals surface area (Å²) in [4.78, 5) is 23.6. The quantitative estimate of drug-likeness (QED) is 0.701. The minimum absolute atomic E-state index is 0.187. The van der Waals surface area contributed by atoms with Crippen molar-refractivity contribution in [3.8, 4) is 0 Å². The van der Waals surface area contributed by atoms with Crippen molar-refractivity contribution in [1.82, 2.24) is 14.9 Å². The number of hydrogen-bond donors (Lipinski definition) is 2. The number of carbonyl (C=O) groups excluding carboxylic acids is 2. The Morgan fingerprint density at radius 1 is 1.07 bits per heavy atom. The van der Waals surface area contributed by atoms with Crippen LogP contribution in [0.2, 0.25) is 0 Å². The van der Waals surface area contributed by atoms with Gasteiger partial charge in [-0.1, -0.05) is 24.1 Å². The molecule has 2 amide bonds. The van der Waals surface area contributed by atoms with E-state index < -0.39 is 21.8 Å². The second kappa shape index (κ2) is 9.52. The number of aryl methyl sites for hydroxylation is 3. The number of rotatable bonds is 6. The Hall–Kier alpha value is -1.93. The molecular formula is C20H31N3O4S. The molecule has 1 saturated heterocycles. The highest BCUT2D eigenvalue weighted by Gasteiger charge is 2.35. The first-order valence-corrected chi connectivity index (χ1v) is 11.3. The normalized spacial score (nSPS) is 17.9. The van der Waals surface area contributed by atoms with E-state index in [9.17, 15) is 18.0 Å². The third-order valence-corrected chi connectivity index (χ3v) is 7.31. The van der Waals surface area contributed by atoms with Gasteiger partial charge >= 0.3 is 11.8 Å². The molecule has 0 unspecified atom stereocenters. The van der Waals surface area contributed by atoms with Crippen molar-refractivity contribution in [3.63, 3.8) is 0 Å². The Morgan fingerprint density at radius 2 is 1.68 bits per heavy atom. The van der Waals surface area contributed by atoms with Crippen LogP contribution in [0, 0.1) is 20.8 Å². The predicted molar refractivity (Wildman–Crippen MR) is 108 cm³/mol. The van der Waals surface area contributed by atoms with E-state index >= 15 is 0 Å². The van der Waals surface area contributed by atoms with Crippen molar-refractivity contribution in [2.75, 3.05) is 19.6 Å². The van der Waals surface area contributed by atoms with Gasteiger partial charge in [0.25, 0.3) is 0 Å². The standard InChI is InChI=1S/C20H31N3O4S/c1-5-21-19(24)20(25)22-10-9-17-8-6-7-11-23(17)28(26,27)18-15(3)12-14(2)13-16(18)4/h12-13,17H,5-11H2,1-4H3,(H,21,24)(H,22,25)/t17-/m0/s1. The molecule has 0 spiro atoms. The largest absolute Gasteiger partial charge is 0.348 e. The molecule has 1 fully saturated rings. The van der Waals surface area contributed by atoms with Crippen LogP contribution in [0.3, 0.4) is 0 Å². The van der Waals surface area contributed by atoms with E-state index in [1.807, 2.05) is 32.9 Å². The van der Waals surface area contributed by atoms with Crippen LogP contribution in [0.5, 0.6) is 0 Å². The summed E-state index contributed by atoms with van der Waals surface area (Å²) in [5.41, 5.74) is 2.55. The lowest BCUT2D eigenvalue weighted by Gasteiger charge is -2.35. The van der Waals surface area contributed by atoms with Crippen LogP contribution in [0.15, 0.2) is 17.0 Å². The number of nitrogens with one attached hydrogen (secondary N) is 2. The summed E-state index contributed by atoms with van der Waals surface area (Å²) in [6.45, 7) is 8.48. The zero-order chi connectivity index (χ0) is 20.9. The zero-order valence-corrected chi connectivity index (χ0v) is 18.0. The van der Waals surface area contributed by atoms with Crippen LogP contribution in [0.4, 0.5) is 0 Å². The molecule has 1 aliphatic rings. The second-order valence-electron chi connectivity index (χ2n) is 7.40. The van der Waals surface area contributed by atoms with E-state index in [4.69, 9.17) is 0 Å². The van der Waals surface area contributed by atoms with Gasteiger partial charge in [0, 0.05) is 25.7 Å². The molecule has 156 valence electrons. The maximum Gasteiger partial charge on any atom is 0.309 e. The van der Waals surface area contributed by atoms with Gasteiger partial charge in [-0.2, -0.15) is 4.31 Å². The zero-order valence-electron chi connectivity index (χ0n) is 17.2. The van der Waals surface area contributed by atoms with Crippen LogP contribution in [0.25, 0.3) is 0 Å². The Labute approximate surface area is 167 Å². The van der Waals surface area contributed by atoms with E-state index in [0.29, 0.717) is 24.4 Å². The summed E-state index contributed by atoms with van der Waals surface area (Å²) in [5.74, 6) is -1.35. The SMILES string of the molecule is CCNC(=O)C(=O)NCC[C@@H]1CCCCN1S(=O)(=O)c1c(C)cc(C)cc1C. The third kappa shape index (κ3) is 5.11. The van der Waals surface area contributed by atoms with Crippen molar-refractivity contribution in [2.45, 2.75) is 64.3 Å². The van der Waals surface area contributed by atoms with Crippen molar-refractivity contribution >= 4 is 21.8 Å². The molecular weight excluding hydrogens is 378 g/mol. The van der Waals surface area contributed by atoms with Crippen molar-refractivity contribution in [2.24, 2.45) is 0 Å². The number of likely N-dealkylation sites (N-methyl/N-ethyl adjacent to an activating group) is 1. The fourth-order valence-corrected chi connectivity index (χ4v) is 6.08. The summed E-state index contributed by atoms with van der Waals surface area (Å²) in [7, 11) is -3.62. The Kier molecular flexibility index (Phi) is 7.60. The molecule has 1 heterocycles. The number of piperidine rings is 1. The molecule has 0 aromatic heterocycles. The van der Waals surface area contributed by atoms with E-state index in [-0.39, 0.29) is 12.6 Å². The first-order chi connectivity index (χ1) is 13.2. The van der Waals surface area contributed by atoms with Crippen LogP contribution in [-0.2, 0) is 19.6 Å². The predicted octanol–water partition coefficient (Wildman–Crippen LogP) is 1.80. The first-order valence-electron chi connectivity index (χ1n) is 9.84. The number of sulfonamides is 1. The molecule has 28 heavy (non-hydrogen) atoms. The lowest BCUT2D eigenvalue weighted by Crippen LogP contribution is -2.46. The molecule has 2 rings (SSSR count). The fraction of sp³-hybridized carbons (Fsp3) is 0.600. The van der Waals surface area contributed by atoms with E-state index in [0.717, 1.165) is 36.0 Å². The van der Waals surface area contributed by atoms with Crippen LogP contribution in [-0.4, -0.2) is 50.2 Å². The molecule has 1 aromatic rings. The molecule has 0 bridgehead atoms. The maximum absolute atomic E-state index is 13.4. The van der Waals surface area contributed by atoms with Gasteiger partial charge in [-0.15, -0.1) is 0 Å². The van der Waals surface area contributed by atoms with Crippen LogP contribution < -0.4 is 10.6 Å². The van der Waals surface area contributed by atoms with Crippen LogP contribution in [0.1, 0.15) is 49.3 Å². The minimum Gasteiger partial charge on any atom is -0.348 e. The van der Waals surface area contributed by atoms with Gasteiger partial charge in [0.05, 0.1) is 4.90 Å². The average molecular weight is 410 g/mol. The number of nitrogens with zero attached hydrogens (tertiary/aromatic N) is 1. The smallest absolute Gasteiger partial charge is 0.309 e. The van der Waals surface area contributed by atoms with Gasteiger partial charge in [0.15, 0.2) is 0 Å². The maximum atomic E-state index is 13.4. The van der Waals surface area contributed by atoms with E-state index in [1.165, 1.54) is 0 Å². The molecule has 1 atom stereocenters. The topological polar surface area (TPSA) is 95.6 Å². The molecule has 2 N–H and O–H groups in total. The lowest BCUT2D eigenvalue weighted by atomic mass is 10.0. The fourth-order valence-electron chi connectivity index (χ4n) is 3.94. The number of amides is 2. The van der Waals surface area contributed by atoms with Gasteiger partial charge in [0.1, 0.15) is 0 Å². The molecule has 7 nitrogen and oxygen atoms in total. The van der Waals surface area contributed by atoms with E-state index in [1.54, 1.807) is 11.2 Å². The summed E-state index contributed by atoms with van der Waals surface area (Å²) >= 11 is 0. The molecule has 0 radical (unpaired) electrons. The Bertz CT molecular complexity index is 813. The van der Waals surface area contributed by atoms with E-state index in [2.05, 4.69) is 10.6 Å². The summed E-state index contributed by atoms with van der Waals surface area (Å²) in [6.07, 6.45) is 3.01. The van der Waals surface area contributed by atoms with Gasteiger partial charge in [-0.3, -0.25) is 9.59 Å². The highest BCUT2D eigenvalue weighted by molar-refractivity contribution is 7.89. The van der Waals surface area contributed by atoms with Crippen molar-refractivity contribution in [3.05, 3.63) is 28.8 Å². The summed E-state index contributed by atoms with van der Waals surface area (Å²) in [5, 5.41) is 5.03. The molecule has 1 aromatic carbocycles. The highest BCUT2D eigenvalue weighted by atomic mass is 32.2. The van der Waals surface area contributed by atoms with Gasteiger partial charge in [-0.05, 0) is 58.1 Å². The van der Waals surface area contributed by atoms with Gasteiger partial charge in [-0.25, -0.2) is 8.42 Å². The minimum atomic E-state index is -3.62. The summed E-state index contributed by atoms with van der Waals surface area (Å²) < 4.78 is 28.4. The Balaban J connectivity index is 2.14. The van der Waals surface area contributed by atoms with Crippen molar-refractivity contribution < 1.29 is 18.0 Å². The number of carbonyl (C=O) groups is 2.